The van der Waals surface area contributed by atoms with Gasteiger partial charge in [-0.25, -0.2) is 19.4 Å². The second kappa shape index (κ2) is 6.02. The molecule has 0 bridgehead atoms. The molecule has 2 amide bonds. The van der Waals surface area contributed by atoms with E-state index in [1.165, 1.54) is 0 Å². The minimum atomic E-state index is -1.32. The van der Waals surface area contributed by atoms with E-state index in [1.807, 2.05) is 0 Å². The van der Waals surface area contributed by atoms with Gasteiger partial charge in [0.05, 0.1) is 0 Å². The molecule has 8 heteroatoms. The normalized spacial score (nSPS) is 19.1. The number of hydrazine groups is 1. The number of hydrogen-bond acceptors (Lipinski definition) is 5. The van der Waals surface area contributed by atoms with E-state index >= 15 is 0 Å². The molecule has 1 fully saturated rings. The fraction of sp³-hybridized carbons (Fsp3) is 0.786. The van der Waals surface area contributed by atoms with E-state index in [0.717, 1.165) is 10.0 Å². The average Bonchev–Trinajstić information content (AvgIpc) is 2.68. The van der Waals surface area contributed by atoms with Crippen LogP contribution in [0.15, 0.2) is 0 Å². The van der Waals surface area contributed by atoms with Crippen LogP contribution >= 0.6 is 0 Å². The highest BCUT2D eigenvalue weighted by Gasteiger charge is 2.46. The molecular formula is C14H24N2O6. The van der Waals surface area contributed by atoms with Crippen molar-refractivity contribution in [3.8, 4) is 0 Å². The molecule has 0 spiro atoms. The minimum absolute atomic E-state index is 0.0263. The number of amides is 2. The Labute approximate surface area is 129 Å². The molecule has 1 aliphatic heterocycles. The van der Waals surface area contributed by atoms with Crippen molar-refractivity contribution in [2.75, 3.05) is 6.54 Å². The number of carbonyl (C=O) groups excluding carboxylic acids is 2. The summed E-state index contributed by atoms with van der Waals surface area (Å²) < 4.78 is 10.4. The smallest absolute Gasteiger partial charge is 0.430 e. The molecular weight excluding hydrogens is 292 g/mol. The van der Waals surface area contributed by atoms with Crippen LogP contribution in [0.5, 0.6) is 0 Å². The maximum Gasteiger partial charge on any atom is 0.430 e. The molecule has 1 heterocycles. The molecule has 1 rings (SSSR count). The van der Waals surface area contributed by atoms with Gasteiger partial charge in [-0.05, 0) is 41.5 Å². The molecule has 8 nitrogen and oxygen atoms in total. The largest absolute Gasteiger partial charge is 0.464 e. The van der Waals surface area contributed by atoms with Gasteiger partial charge in [0.15, 0.2) is 6.04 Å². The van der Waals surface area contributed by atoms with Gasteiger partial charge in [-0.15, -0.1) is 0 Å². The third-order valence-corrected chi connectivity index (χ3v) is 2.65. The quantitative estimate of drug-likeness (QED) is 0.745. The van der Waals surface area contributed by atoms with Crippen LogP contribution in [0.2, 0.25) is 0 Å². The summed E-state index contributed by atoms with van der Waals surface area (Å²) in [7, 11) is 0. The zero-order valence-corrected chi connectivity index (χ0v) is 13.9. The van der Waals surface area contributed by atoms with Crippen LogP contribution in [0.25, 0.3) is 0 Å². The third-order valence-electron chi connectivity index (χ3n) is 2.65. The van der Waals surface area contributed by atoms with Crippen LogP contribution in [0, 0.1) is 0 Å². The van der Waals surface area contributed by atoms with Gasteiger partial charge in [-0.2, -0.15) is 5.01 Å². The highest BCUT2D eigenvalue weighted by atomic mass is 16.6. The monoisotopic (exact) mass is 316 g/mol. The summed E-state index contributed by atoms with van der Waals surface area (Å²) in [5, 5.41) is 10.8. The Bertz CT molecular complexity index is 463. The molecule has 0 saturated carbocycles. The van der Waals surface area contributed by atoms with E-state index in [-0.39, 0.29) is 13.0 Å². The Kier molecular flexibility index (Phi) is 4.94. The van der Waals surface area contributed by atoms with Gasteiger partial charge in [0.1, 0.15) is 11.2 Å². The Balaban J connectivity index is 2.99. The van der Waals surface area contributed by atoms with Crippen LogP contribution < -0.4 is 0 Å². The van der Waals surface area contributed by atoms with Gasteiger partial charge in [-0.1, -0.05) is 0 Å². The molecule has 1 atom stereocenters. The highest BCUT2D eigenvalue weighted by Crippen LogP contribution is 2.24. The molecule has 0 aromatic carbocycles. The second-order valence-corrected chi connectivity index (χ2v) is 7.07. The van der Waals surface area contributed by atoms with Crippen molar-refractivity contribution in [3.63, 3.8) is 0 Å². The first-order valence-electron chi connectivity index (χ1n) is 7.07. The van der Waals surface area contributed by atoms with Crippen molar-refractivity contribution in [2.24, 2.45) is 0 Å². The minimum Gasteiger partial charge on any atom is -0.464 e. The number of carboxylic acid groups (broad SMARTS) is 1. The number of rotatable bonds is 1. The molecule has 1 N–H and O–H groups in total. The van der Waals surface area contributed by atoms with E-state index in [9.17, 15) is 19.5 Å². The second-order valence-electron chi connectivity index (χ2n) is 7.07. The van der Waals surface area contributed by atoms with Crippen molar-refractivity contribution in [1.82, 2.24) is 10.0 Å². The zero-order valence-electron chi connectivity index (χ0n) is 13.9. The molecule has 126 valence electrons. The van der Waals surface area contributed by atoms with Gasteiger partial charge in [-0.3, -0.25) is 0 Å². The van der Waals surface area contributed by atoms with E-state index in [1.54, 1.807) is 41.5 Å². The van der Waals surface area contributed by atoms with Crippen LogP contribution in [0.4, 0.5) is 9.59 Å². The molecule has 22 heavy (non-hydrogen) atoms. The maximum absolute atomic E-state index is 12.2. The molecule has 0 aromatic rings. The number of nitrogens with zero attached hydrogens (tertiary/aromatic N) is 2. The molecule has 1 aliphatic rings. The predicted octanol–water partition coefficient (Wildman–Crippen LogP) is 2.23. The van der Waals surface area contributed by atoms with Gasteiger partial charge in [0.25, 0.3) is 0 Å². The third kappa shape index (κ3) is 4.78. The van der Waals surface area contributed by atoms with Gasteiger partial charge >= 0.3 is 18.2 Å². The Morgan fingerprint density at radius 2 is 1.50 bits per heavy atom. The summed E-state index contributed by atoms with van der Waals surface area (Å²) >= 11 is 0. The lowest BCUT2D eigenvalue weighted by molar-refractivity contribution is -0.163. The lowest BCUT2D eigenvalue weighted by Crippen LogP contribution is -2.52. The summed E-state index contributed by atoms with van der Waals surface area (Å²) in [6.45, 7) is 10.1. The Morgan fingerprint density at radius 1 is 1.00 bits per heavy atom. The lowest BCUT2D eigenvalue weighted by atomic mass is 10.1. The fourth-order valence-electron chi connectivity index (χ4n) is 1.95. The number of ether oxygens (including phenoxy) is 2. The van der Waals surface area contributed by atoms with Crippen LogP contribution in [0.3, 0.4) is 0 Å². The molecule has 0 aliphatic carbocycles. The SMILES string of the molecule is CC(C)(C)OC(=O)C1CCN(C(=O)O)N1C(=O)OC(C)(C)C. The summed E-state index contributed by atoms with van der Waals surface area (Å²) in [4.78, 5) is 35.7. The van der Waals surface area contributed by atoms with Crippen molar-refractivity contribution in [1.29, 1.82) is 0 Å². The van der Waals surface area contributed by atoms with Crippen LogP contribution in [-0.4, -0.2) is 57.1 Å². The number of carbonyl (C=O) groups is 3. The maximum atomic E-state index is 12.2. The predicted molar refractivity (Wildman–Crippen MR) is 77.1 cm³/mol. The first-order chi connectivity index (χ1) is 9.82. The molecule has 1 unspecified atom stereocenters. The summed E-state index contributed by atoms with van der Waals surface area (Å²) in [5.41, 5.74) is -1.53. The Morgan fingerprint density at radius 3 is 1.91 bits per heavy atom. The van der Waals surface area contributed by atoms with Gasteiger partial charge in [0.2, 0.25) is 0 Å². The van der Waals surface area contributed by atoms with E-state index in [4.69, 9.17) is 9.47 Å². The molecule has 0 aromatic heterocycles. The summed E-state index contributed by atoms with van der Waals surface area (Å²) in [6.07, 6.45) is -2.04. The van der Waals surface area contributed by atoms with Crippen LogP contribution in [-0.2, 0) is 14.3 Å². The van der Waals surface area contributed by atoms with Crippen molar-refractivity contribution < 1.29 is 29.0 Å². The first-order valence-corrected chi connectivity index (χ1v) is 7.07. The summed E-state index contributed by atoms with van der Waals surface area (Å²) in [6, 6.07) is -1.01. The first kappa shape index (κ1) is 18.1. The van der Waals surface area contributed by atoms with Crippen molar-refractivity contribution in [3.05, 3.63) is 0 Å². The lowest BCUT2D eigenvalue weighted by Gasteiger charge is -2.32. The standard InChI is InChI=1S/C14H24N2O6/c1-13(2,3)21-10(17)9-7-8-15(11(18)19)16(9)12(20)22-14(4,5)6/h9H,7-8H2,1-6H3,(H,18,19). The van der Waals surface area contributed by atoms with Gasteiger partial charge < -0.3 is 14.6 Å². The van der Waals surface area contributed by atoms with E-state index in [2.05, 4.69) is 0 Å². The average molecular weight is 316 g/mol. The molecule has 0 radical (unpaired) electrons. The summed E-state index contributed by atoms with van der Waals surface area (Å²) in [5.74, 6) is -0.651. The van der Waals surface area contributed by atoms with Crippen molar-refractivity contribution in [2.45, 2.75) is 65.2 Å². The topological polar surface area (TPSA) is 96.4 Å². The van der Waals surface area contributed by atoms with E-state index < -0.39 is 35.4 Å². The fourth-order valence-corrected chi connectivity index (χ4v) is 1.95. The number of hydrogen-bond donors (Lipinski definition) is 1. The van der Waals surface area contributed by atoms with Crippen molar-refractivity contribution >= 4 is 18.2 Å². The highest BCUT2D eigenvalue weighted by molar-refractivity contribution is 5.84. The number of esters is 1. The zero-order chi connectivity index (χ0) is 17.3. The van der Waals surface area contributed by atoms with Crippen LogP contribution in [0.1, 0.15) is 48.0 Å². The molecule has 1 saturated heterocycles. The van der Waals surface area contributed by atoms with Gasteiger partial charge in [0, 0.05) is 13.0 Å². The Hall–Kier alpha value is -1.99. The van der Waals surface area contributed by atoms with E-state index in [0.29, 0.717) is 0 Å².